The van der Waals surface area contributed by atoms with Gasteiger partial charge in [0, 0.05) is 13.1 Å². The van der Waals surface area contributed by atoms with Gasteiger partial charge in [0.1, 0.15) is 10.8 Å². The lowest BCUT2D eigenvalue weighted by atomic mass is 10.5. The molecular formula is C10H16Cl2N4O. The van der Waals surface area contributed by atoms with Crippen LogP contribution in [0.5, 0.6) is 0 Å². The van der Waals surface area contributed by atoms with Crippen LogP contribution >= 0.6 is 23.2 Å². The van der Waals surface area contributed by atoms with Gasteiger partial charge in [-0.1, -0.05) is 11.6 Å². The monoisotopic (exact) mass is 278 g/mol. The molecule has 0 saturated heterocycles. The van der Waals surface area contributed by atoms with Gasteiger partial charge in [0.05, 0.1) is 19.4 Å². The fraction of sp³-hybridized carbons (Fsp3) is 0.600. The van der Waals surface area contributed by atoms with E-state index in [4.69, 9.17) is 27.9 Å². The van der Waals surface area contributed by atoms with E-state index in [-0.39, 0.29) is 5.28 Å². The highest BCUT2D eigenvalue weighted by Gasteiger charge is 2.02. The number of rotatable bonds is 7. The van der Waals surface area contributed by atoms with Crippen molar-refractivity contribution < 1.29 is 4.74 Å². The van der Waals surface area contributed by atoms with Crippen LogP contribution in [0.15, 0.2) is 6.20 Å². The first-order valence-electron chi connectivity index (χ1n) is 5.24. The van der Waals surface area contributed by atoms with Gasteiger partial charge in [-0.15, -0.1) is 0 Å². The zero-order valence-corrected chi connectivity index (χ0v) is 11.4. The van der Waals surface area contributed by atoms with Crippen LogP contribution in [-0.2, 0) is 4.74 Å². The number of hydrogen-bond acceptors (Lipinski definition) is 5. The molecular weight excluding hydrogens is 263 g/mol. The standard InChI is InChI=1S/C10H16Cl2N4O/c1-16(2)4-6-17-5-3-13-9-8(11)7-14-10(12)15-9/h7H,3-6H2,1-2H3,(H,13,14,15). The number of nitrogens with one attached hydrogen (secondary N) is 1. The first kappa shape index (κ1) is 14.4. The molecule has 0 fully saturated rings. The maximum Gasteiger partial charge on any atom is 0.224 e. The first-order valence-corrected chi connectivity index (χ1v) is 5.99. The predicted molar refractivity (Wildman–Crippen MR) is 69.9 cm³/mol. The van der Waals surface area contributed by atoms with Crippen LogP contribution in [0.1, 0.15) is 0 Å². The van der Waals surface area contributed by atoms with Crippen LogP contribution < -0.4 is 5.32 Å². The molecule has 0 spiro atoms. The molecule has 1 aromatic heterocycles. The molecule has 0 atom stereocenters. The summed E-state index contributed by atoms with van der Waals surface area (Å²) in [5.41, 5.74) is 0. The van der Waals surface area contributed by atoms with Crippen molar-refractivity contribution in [1.29, 1.82) is 0 Å². The van der Waals surface area contributed by atoms with Crippen molar-refractivity contribution in [2.45, 2.75) is 0 Å². The number of aromatic nitrogens is 2. The number of anilines is 1. The predicted octanol–water partition coefficient (Wildman–Crippen LogP) is 1.77. The summed E-state index contributed by atoms with van der Waals surface area (Å²) in [6.45, 7) is 2.82. The maximum atomic E-state index is 5.88. The molecule has 1 N–H and O–H groups in total. The molecule has 17 heavy (non-hydrogen) atoms. The molecule has 0 bridgehead atoms. The van der Waals surface area contributed by atoms with E-state index in [1.165, 1.54) is 6.20 Å². The van der Waals surface area contributed by atoms with Gasteiger partial charge < -0.3 is 15.0 Å². The Balaban J connectivity index is 2.20. The summed E-state index contributed by atoms with van der Waals surface area (Å²) in [6.07, 6.45) is 1.46. The summed E-state index contributed by atoms with van der Waals surface area (Å²) >= 11 is 11.5. The fourth-order valence-corrected chi connectivity index (χ4v) is 1.35. The molecule has 5 nitrogen and oxygen atoms in total. The minimum atomic E-state index is 0.172. The molecule has 0 radical (unpaired) electrons. The van der Waals surface area contributed by atoms with E-state index >= 15 is 0 Å². The Morgan fingerprint density at radius 2 is 2.12 bits per heavy atom. The van der Waals surface area contributed by atoms with Crippen LogP contribution in [-0.4, -0.2) is 55.3 Å². The zero-order chi connectivity index (χ0) is 12.7. The van der Waals surface area contributed by atoms with Gasteiger partial charge in [-0.25, -0.2) is 4.98 Å². The maximum absolute atomic E-state index is 5.88. The van der Waals surface area contributed by atoms with E-state index in [0.717, 1.165) is 6.54 Å². The number of likely N-dealkylation sites (N-methyl/N-ethyl adjacent to an activating group) is 1. The zero-order valence-electron chi connectivity index (χ0n) is 9.91. The molecule has 0 unspecified atom stereocenters. The van der Waals surface area contributed by atoms with E-state index in [9.17, 15) is 0 Å². The second-order valence-corrected chi connectivity index (χ2v) is 4.42. The lowest BCUT2D eigenvalue weighted by Crippen LogP contribution is -2.20. The van der Waals surface area contributed by atoms with Gasteiger partial charge in [0.15, 0.2) is 0 Å². The van der Waals surface area contributed by atoms with Crippen LogP contribution in [0.25, 0.3) is 0 Å². The fourth-order valence-electron chi connectivity index (χ4n) is 1.06. The summed E-state index contributed by atoms with van der Waals surface area (Å²) in [6, 6.07) is 0. The van der Waals surface area contributed by atoms with E-state index in [0.29, 0.717) is 30.6 Å². The average molecular weight is 279 g/mol. The minimum Gasteiger partial charge on any atom is -0.378 e. The SMILES string of the molecule is CN(C)CCOCCNc1nc(Cl)ncc1Cl. The Morgan fingerprint density at radius 1 is 1.35 bits per heavy atom. The second kappa shape index (κ2) is 7.66. The lowest BCUT2D eigenvalue weighted by molar-refractivity contribution is 0.126. The largest absolute Gasteiger partial charge is 0.378 e. The molecule has 0 saturated carbocycles. The Morgan fingerprint density at radius 3 is 2.82 bits per heavy atom. The Kier molecular flexibility index (Phi) is 6.50. The third-order valence-corrected chi connectivity index (χ3v) is 2.40. The van der Waals surface area contributed by atoms with Crippen LogP contribution in [0.4, 0.5) is 5.82 Å². The van der Waals surface area contributed by atoms with Gasteiger partial charge in [0.25, 0.3) is 0 Å². The minimum absolute atomic E-state index is 0.172. The Labute approximate surface area is 111 Å². The summed E-state index contributed by atoms with van der Waals surface area (Å²) in [4.78, 5) is 9.79. The Bertz CT molecular complexity index is 349. The lowest BCUT2D eigenvalue weighted by Gasteiger charge is -2.10. The topological polar surface area (TPSA) is 50.3 Å². The van der Waals surface area contributed by atoms with Crippen molar-refractivity contribution in [3.8, 4) is 0 Å². The third kappa shape index (κ3) is 6.02. The van der Waals surface area contributed by atoms with Gasteiger partial charge >= 0.3 is 0 Å². The van der Waals surface area contributed by atoms with Crippen LogP contribution in [0, 0.1) is 0 Å². The molecule has 0 aromatic carbocycles. The number of halogens is 2. The van der Waals surface area contributed by atoms with Gasteiger partial charge in [-0.3, -0.25) is 0 Å². The van der Waals surface area contributed by atoms with Gasteiger partial charge in [-0.05, 0) is 25.7 Å². The molecule has 0 aliphatic heterocycles. The number of hydrogen-bond donors (Lipinski definition) is 1. The van der Waals surface area contributed by atoms with Crippen molar-refractivity contribution in [3.05, 3.63) is 16.5 Å². The highest BCUT2D eigenvalue weighted by Crippen LogP contribution is 2.18. The molecule has 1 heterocycles. The molecule has 7 heteroatoms. The Hall–Kier alpha value is -0.620. The highest BCUT2D eigenvalue weighted by molar-refractivity contribution is 6.33. The van der Waals surface area contributed by atoms with Crippen molar-refractivity contribution in [2.24, 2.45) is 0 Å². The summed E-state index contributed by atoms with van der Waals surface area (Å²) in [5, 5.41) is 3.65. The average Bonchev–Trinajstić information content (AvgIpc) is 2.27. The second-order valence-electron chi connectivity index (χ2n) is 3.68. The molecule has 0 aliphatic carbocycles. The summed E-state index contributed by atoms with van der Waals surface area (Å²) in [7, 11) is 4.01. The van der Waals surface area contributed by atoms with E-state index in [1.54, 1.807) is 0 Å². The van der Waals surface area contributed by atoms with Gasteiger partial charge in [-0.2, -0.15) is 4.98 Å². The highest BCUT2D eigenvalue weighted by atomic mass is 35.5. The van der Waals surface area contributed by atoms with Gasteiger partial charge in [0.2, 0.25) is 5.28 Å². The van der Waals surface area contributed by atoms with Crippen molar-refractivity contribution in [3.63, 3.8) is 0 Å². The van der Waals surface area contributed by atoms with Crippen molar-refractivity contribution in [1.82, 2.24) is 14.9 Å². The molecule has 0 aliphatic rings. The van der Waals surface area contributed by atoms with E-state index in [1.807, 2.05) is 14.1 Å². The van der Waals surface area contributed by atoms with E-state index < -0.39 is 0 Å². The summed E-state index contributed by atoms with van der Waals surface area (Å²) < 4.78 is 5.41. The third-order valence-electron chi connectivity index (χ3n) is 1.94. The van der Waals surface area contributed by atoms with E-state index in [2.05, 4.69) is 20.2 Å². The molecule has 0 amide bonds. The first-order chi connectivity index (χ1) is 8.09. The van der Waals surface area contributed by atoms with Crippen LogP contribution in [0.3, 0.4) is 0 Å². The molecule has 1 aromatic rings. The summed E-state index contributed by atoms with van der Waals surface area (Å²) in [5.74, 6) is 0.530. The molecule has 1 rings (SSSR count). The smallest absolute Gasteiger partial charge is 0.224 e. The quantitative estimate of drug-likeness (QED) is 0.609. The molecule has 96 valence electrons. The van der Waals surface area contributed by atoms with Crippen LogP contribution in [0.2, 0.25) is 10.3 Å². The number of nitrogens with zero attached hydrogens (tertiary/aromatic N) is 3. The van der Waals surface area contributed by atoms with Crippen molar-refractivity contribution in [2.75, 3.05) is 45.7 Å². The normalized spacial score (nSPS) is 10.9. The van der Waals surface area contributed by atoms with Crippen molar-refractivity contribution >= 4 is 29.0 Å². The number of ether oxygens (including phenoxy) is 1.